The summed E-state index contributed by atoms with van der Waals surface area (Å²) < 4.78 is 53.5. The van der Waals surface area contributed by atoms with Gasteiger partial charge in [-0.05, 0) is 5.53 Å². The SMILES string of the molecule is [K+].[N-]=[N+]=NS(=O)(=O)OS(=O)(=O)[O-]. The van der Waals surface area contributed by atoms with Gasteiger partial charge in [-0.2, -0.15) is 8.42 Å². The molecule has 64 valence electrons. The molecular weight excluding hydrogens is 241 g/mol. The van der Waals surface area contributed by atoms with Crippen molar-refractivity contribution in [2.45, 2.75) is 0 Å². The van der Waals surface area contributed by atoms with Crippen LogP contribution >= 0.6 is 0 Å². The molecule has 0 aromatic heterocycles. The van der Waals surface area contributed by atoms with E-state index < -0.39 is 20.7 Å². The smallest absolute Gasteiger partial charge is 0.725 e. The molecule has 0 aromatic rings. The van der Waals surface area contributed by atoms with Gasteiger partial charge in [-0.25, -0.2) is 8.42 Å². The van der Waals surface area contributed by atoms with Crippen molar-refractivity contribution in [1.29, 1.82) is 0 Å². The predicted molar refractivity (Wildman–Crippen MR) is 28.8 cm³/mol. The van der Waals surface area contributed by atoms with Crippen molar-refractivity contribution in [3.63, 3.8) is 0 Å². The summed E-state index contributed by atoms with van der Waals surface area (Å²) >= 11 is 0. The Labute approximate surface area is 110 Å². The summed E-state index contributed by atoms with van der Waals surface area (Å²) in [7, 11) is -10.4. The number of nitrogens with zero attached hydrogens (tertiary/aromatic N) is 3. The number of hydrogen-bond donors (Lipinski definition) is 0. The third-order valence-corrected chi connectivity index (χ3v) is 1.93. The van der Waals surface area contributed by atoms with Crippen molar-refractivity contribution < 1.29 is 76.4 Å². The minimum Gasteiger partial charge on any atom is -0.725 e. The third kappa shape index (κ3) is 8.86. The van der Waals surface area contributed by atoms with Crippen LogP contribution in [0.15, 0.2) is 4.52 Å². The Bertz CT molecular complexity index is 371. The first-order valence-corrected chi connectivity index (χ1v) is 4.45. The van der Waals surface area contributed by atoms with Crippen LogP contribution in [0.25, 0.3) is 10.4 Å². The van der Waals surface area contributed by atoms with Crippen LogP contribution in [0.4, 0.5) is 0 Å². The van der Waals surface area contributed by atoms with E-state index in [4.69, 9.17) is 5.53 Å². The minimum absolute atomic E-state index is 0. The summed E-state index contributed by atoms with van der Waals surface area (Å²) in [6.07, 6.45) is 0. The van der Waals surface area contributed by atoms with Gasteiger partial charge in [-0.3, -0.25) is 0 Å². The predicted octanol–water partition coefficient (Wildman–Crippen LogP) is -3.98. The van der Waals surface area contributed by atoms with Gasteiger partial charge in [0.05, 0.1) is 4.52 Å². The first-order chi connectivity index (χ1) is 4.77. The molecule has 0 heterocycles. The molecule has 0 aliphatic carbocycles. The summed E-state index contributed by atoms with van der Waals surface area (Å²) in [6, 6.07) is 0. The second-order valence-corrected chi connectivity index (χ2v) is 3.45. The third-order valence-electron chi connectivity index (χ3n) is 0.306. The molecule has 0 amide bonds. The van der Waals surface area contributed by atoms with E-state index in [1.165, 1.54) is 0 Å². The van der Waals surface area contributed by atoms with Gasteiger partial charge >= 0.3 is 61.7 Å². The van der Waals surface area contributed by atoms with Crippen molar-refractivity contribution in [3.8, 4) is 0 Å². The Morgan fingerprint density at radius 2 is 1.75 bits per heavy atom. The van der Waals surface area contributed by atoms with Crippen LogP contribution < -0.4 is 51.4 Å². The van der Waals surface area contributed by atoms with Crippen molar-refractivity contribution >= 4 is 20.7 Å². The average molecular weight is 241 g/mol. The van der Waals surface area contributed by atoms with E-state index in [-0.39, 0.29) is 51.4 Å². The Kier molecular flexibility index (Phi) is 6.97. The van der Waals surface area contributed by atoms with Gasteiger partial charge in [0, 0.05) is 4.91 Å². The standard InChI is InChI=1S/K.HN3O6S2/c;1-2-3-10(4,5)9-11(6,7)8/h;(H,6,7,8)/q+1;/p-1. The fraction of sp³-hybridized carbons (Fsp3) is 0. The Hall–Kier alpha value is 0.766. The van der Waals surface area contributed by atoms with Crippen LogP contribution in [-0.2, 0) is 24.3 Å². The van der Waals surface area contributed by atoms with Crippen molar-refractivity contribution in [3.05, 3.63) is 10.4 Å². The maximum Gasteiger partial charge on any atom is 1.00 e. The van der Waals surface area contributed by atoms with E-state index >= 15 is 0 Å². The van der Waals surface area contributed by atoms with Crippen molar-refractivity contribution in [1.82, 2.24) is 0 Å². The molecule has 0 N–H and O–H groups in total. The second kappa shape index (κ2) is 5.49. The molecule has 0 unspecified atom stereocenters. The quantitative estimate of drug-likeness (QED) is 0.123. The van der Waals surface area contributed by atoms with Crippen LogP contribution in [0, 0.1) is 0 Å². The largest absolute Gasteiger partial charge is 1.00 e. The van der Waals surface area contributed by atoms with Crippen LogP contribution in [0.5, 0.6) is 0 Å². The average Bonchev–Trinajstić information content (AvgIpc) is 1.55. The monoisotopic (exact) mass is 241 g/mol. The van der Waals surface area contributed by atoms with Crippen LogP contribution in [-0.4, -0.2) is 21.4 Å². The number of hydrogen-bond acceptors (Lipinski definition) is 6. The molecule has 9 nitrogen and oxygen atoms in total. The molecule has 12 heteroatoms. The molecule has 0 saturated carbocycles. The molecule has 0 saturated heterocycles. The first-order valence-electron chi connectivity index (χ1n) is 1.75. The maximum atomic E-state index is 10.0. The Morgan fingerprint density at radius 3 is 2.00 bits per heavy atom. The van der Waals surface area contributed by atoms with E-state index in [0.717, 1.165) is 0 Å². The second-order valence-electron chi connectivity index (χ2n) is 1.08. The Balaban J connectivity index is 0. The van der Waals surface area contributed by atoms with Gasteiger partial charge in [0.15, 0.2) is 0 Å². The van der Waals surface area contributed by atoms with E-state index in [0.29, 0.717) is 0 Å². The van der Waals surface area contributed by atoms with E-state index in [9.17, 15) is 21.4 Å². The fourth-order valence-electron chi connectivity index (χ4n) is 0.164. The van der Waals surface area contributed by atoms with Gasteiger partial charge in [0.25, 0.3) is 0 Å². The molecule has 0 aliphatic rings. The summed E-state index contributed by atoms with van der Waals surface area (Å²) in [5.41, 5.74) is 7.50. The number of azide groups is 1. The van der Waals surface area contributed by atoms with Crippen LogP contribution in [0.2, 0.25) is 0 Å². The van der Waals surface area contributed by atoms with Gasteiger partial charge in [0.1, 0.15) is 0 Å². The number of rotatable bonds is 3. The van der Waals surface area contributed by atoms with Crippen molar-refractivity contribution in [2.24, 2.45) is 4.52 Å². The molecule has 0 fully saturated rings. The fourth-order valence-corrected chi connectivity index (χ4v) is 1.20. The molecule has 0 atom stereocenters. The molecule has 12 heavy (non-hydrogen) atoms. The zero-order chi connectivity index (χ0) is 9.12. The first kappa shape index (κ1) is 15.2. The molecule has 0 rings (SSSR count). The summed E-state index contributed by atoms with van der Waals surface area (Å²) in [5.74, 6) is 0. The van der Waals surface area contributed by atoms with Gasteiger partial charge < -0.3 is 4.55 Å². The molecule has 0 aromatic carbocycles. The molecule has 0 aliphatic heterocycles. The minimum atomic E-state index is -5.41. The zero-order valence-corrected chi connectivity index (χ0v) is 10.4. The van der Waals surface area contributed by atoms with Crippen LogP contribution in [0.1, 0.15) is 0 Å². The van der Waals surface area contributed by atoms with Gasteiger partial charge in [-0.1, -0.05) is 0 Å². The topological polar surface area (TPSA) is 149 Å². The molecule has 0 radical (unpaired) electrons. The zero-order valence-electron chi connectivity index (χ0n) is 5.61. The summed E-state index contributed by atoms with van der Waals surface area (Å²) in [4.78, 5) is 1.70. The van der Waals surface area contributed by atoms with Crippen LogP contribution in [0.3, 0.4) is 0 Å². The van der Waals surface area contributed by atoms with E-state index in [2.05, 4.69) is 3.63 Å². The molecule has 0 spiro atoms. The molecular formula is KN3O6S2. The van der Waals surface area contributed by atoms with Gasteiger partial charge in [-0.15, -0.1) is 3.63 Å². The normalized spacial score (nSPS) is 11.1. The Morgan fingerprint density at radius 1 is 1.33 bits per heavy atom. The maximum absolute atomic E-state index is 10.0. The van der Waals surface area contributed by atoms with E-state index in [1.54, 1.807) is 4.91 Å². The molecule has 0 bridgehead atoms. The summed E-state index contributed by atoms with van der Waals surface area (Å²) in [6.45, 7) is 0. The van der Waals surface area contributed by atoms with E-state index in [1.807, 2.05) is 4.52 Å². The van der Waals surface area contributed by atoms with Gasteiger partial charge in [0.2, 0.25) is 10.4 Å². The summed E-state index contributed by atoms with van der Waals surface area (Å²) in [5, 5.41) is 0. The van der Waals surface area contributed by atoms with Crippen molar-refractivity contribution in [2.75, 3.05) is 0 Å².